The van der Waals surface area contributed by atoms with Crippen LogP contribution in [0.5, 0.6) is 0 Å². The molecular weight excluding hydrogens is 480 g/mol. The van der Waals surface area contributed by atoms with Crippen LogP contribution in [-0.2, 0) is 4.79 Å². The van der Waals surface area contributed by atoms with Crippen molar-refractivity contribution in [3.05, 3.63) is 52.7 Å². The number of likely N-dealkylation sites (N-methyl/N-ethyl adjacent to an activating group) is 1. The zero-order chi connectivity index (χ0) is 27.0. The van der Waals surface area contributed by atoms with Crippen LogP contribution in [-0.4, -0.2) is 103 Å². The first-order chi connectivity index (χ1) is 18.2. The predicted octanol–water partition coefficient (Wildman–Crippen LogP) is 2.56. The van der Waals surface area contributed by atoms with E-state index >= 15 is 0 Å². The summed E-state index contributed by atoms with van der Waals surface area (Å²) in [6, 6.07) is 7.54. The molecule has 0 spiro atoms. The van der Waals surface area contributed by atoms with Crippen molar-refractivity contribution >= 4 is 29.2 Å². The lowest BCUT2D eigenvalue weighted by atomic mass is 10.0. The first kappa shape index (κ1) is 26.2. The number of aromatic nitrogens is 1. The number of carbonyl (C=O) groups excluding carboxylic acids is 3. The van der Waals surface area contributed by atoms with Gasteiger partial charge in [0.2, 0.25) is 5.91 Å². The van der Waals surface area contributed by atoms with Crippen LogP contribution in [0.3, 0.4) is 0 Å². The maximum Gasteiger partial charge on any atom is 0.254 e. The lowest BCUT2D eigenvalue weighted by Crippen LogP contribution is -2.50. The molecule has 202 valence electrons. The third-order valence-corrected chi connectivity index (χ3v) is 8.07. The number of pyridine rings is 1. The van der Waals surface area contributed by atoms with E-state index in [1.54, 1.807) is 17.0 Å². The summed E-state index contributed by atoms with van der Waals surface area (Å²) in [5, 5.41) is 0. The van der Waals surface area contributed by atoms with Gasteiger partial charge in [0.1, 0.15) is 5.82 Å². The quantitative estimate of drug-likeness (QED) is 0.619. The monoisotopic (exact) mass is 518 g/mol. The average Bonchev–Trinajstić information content (AvgIpc) is 3.25. The van der Waals surface area contributed by atoms with Crippen LogP contribution < -0.4 is 9.80 Å². The lowest BCUT2D eigenvalue weighted by molar-refractivity contribution is -0.117. The van der Waals surface area contributed by atoms with Gasteiger partial charge < -0.3 is 24.5 Å². The molecule has 3 aliphatic heterocycles. The number of carbonyl (C=O) groups is 3. The number of hydrogen-bond acceptors (Lipinski definition) is 6. The van der Waals surface area contributed by atoms with Gasteiger partial charge in [0.15, 0.2) is 0 Å². The maximum absolute atomic E-state index is 13.8. The molecule has 4 heterocycles. The van der Waals surface area contributed by atoms with Crippen LogP contribution in [0.1, 0.15) is 51.6 Å². The van der Waals surface area contributed by atoms with Crippen molar-refractivity contribution in [2.75, 3.05) is 69.2 Å². The van der Waals surface area contributed by atoms with Crippen LogP contribution in [0.15, 0.2) is 30.5 Å². The van der Waals surface area contributed by atoms with E-state index in [0.717, 1.165) is 36.5 Å². The molecule has 38 heavy (non-hydrogen) atoms. The van der Waals surface area contributed by atoms with Gasteiger partial charge in [-0.25, -0.2) is 4.98 Å². The van der Waals surface area contributed by atoms with Crippen molar-refractivity contribution in [1.29, 1.82) is 0 Å². The van der Waals surface area contributed by atoms with Crippen LogP contribution in [0.25, 0.3) is 0 Å². The Morgan fingerprint density at radius 2 is 1.50 bits per heavy atom. The second-order valence-corrected chi connectivity index (χ2v) is 10.9. The Morgan fingerprint density at radius 1 is 0.868 bits per heavy atom. The first-order valence-electron chi connectivity index (χ1n) is 13.6. The lowest BCUT2D eigenvalue weighted by Gasteiger charge is -2.37. The van der Waals surface area contributed by atoms with Crippen LogP contribution in [0, 0.1) is 13.8 Å². The smallest absolute Gasteiger partial charge is 0.254 e. The van der Waals surface area contributed by atoms with Gasteiger partial charge in [-0.1, -0.05) is 6.07 Å². The first-order valence-corrected chi connectivity index (χ1v) is 13.6. The molecule has 1 atom stereocenters. The van der Waals surface area contributed by atoms with E-state index in [2.05, 4.69) is 27.8 Å². The second kappa shape index (κ2) is 10.7. The van der Waals surface area contributed by atoms with Gasteiger partial charge in [0, 0.05) is 76.7 Å². The maximum atomic E-state index is 13.8. The molecule has 9 nitrogen and oxygen atoms in total. The highest BCUT2D eigenvalue weighted by molar-refractivity contribution is 6.09. The number of aryl methyl sites for hydroxylation is 2. The molecule has 0 saturated carbocycles. The molecule has 0 aliphatic carbocycles. The molecule has 0 bridgehead atoms. The van der Waals surface area contributed by atoms with E-state index in [9.17, 15) is 14.4 Å². The van der Waals surface area contributed by atoms with Crippen molar-refractivity contribution < 1.29 is 14.4 Å². The fourth-order valence-electron chi connectivity index (χ4n) is 5.78. The number of amides is 3. The normalized spacial score (nSPS) is 20.8. The van der Waals surface area contributed by atoms with Crippen LogP contribution >= 0.6 is 0 Å². The predicted molar refractivity (Wildman–Crippen MR) is 148 cm³/mol. The van der Waals surface area contributed by atoms with Gasteiger partial charge in [-0.2, -0.15) is 0 Å². The Balaban J connectivity index is 1.39. The second-order valence-electron chi connectivity index (χ2n) is 10.9. The zero-order valence-electron chi connectivity index (χ0n) is 22.9. The van der Waals surface area contributed by atoms with Crippen molar-refractivity contribution in [1.82, 2.24) is 19.7 Å². The molecule has 2 aromatic rings. The Kier molecular flexibility index (Phi) is 7.38. The van der Waals surface area contributed by atoms with Crippen molar-refractivity contribution in [2.45, 2.75) is 39.7 Å². The highest BCUT2D eigenvalue weighted by Gasteiger charge is 2.33. The van der Waals surface area contributed by atoms with E-state index in [1.165, 1.54) is 0 Å². The van der Waals surface area contributed by atoms with Crippen LogP contribution in [0.2, 0.25) is 0 Å². The van der Waals surface area contributed by atoms with E-state index in [1.807, 2.05) is 43.0 Å². The largest absolute Gasteiger partial charge is 0.353 e. The molecule has 5 rings (SSSR count). The van der Waals surface area contributed by atoms with Gasteiger partial charge in [0.05, 0.1) is 11.1 Å². The number of benzene rings is 1. The van der Waals surface area contributed by atoms with Crippen molar-refractivity contribution in [3.8, 4) is 0 Å². The van der Waals surface area contributed by atoms with E-state index in [-0.39, 0.29) is 23.8 Å². The van der Waals surface area contributed by atoms with Gasteiger partial charge in [-0.05, 0) is 63.6 Å². The molecule has 1 aromatic heterocycles. The minimum absolute atomic E-state index is 0.0608. The molecular formula is C29H38N6O3. The molecule has 3 fully saturated rings. The van der Waals surface area contributed by atoms with E-state index in [0.29, 0.717) is 62.5 Å². The van der Waals surface area contributed by atoms with Crippen LogP contribution in [0.4, 0.5) is 11.5 Å². The molecule has 9 heteroatoms. The summed E-state index contributed by atoms with van der Waals surface area (Å²) < 4.78 is 0. The number of rotatable bonds is 4. The molecule has 3 amide bonds. The van der Waals surface area contributed by atoms with Gasteiger partial charge in [0.25, 0.3) is 11.8 Å². The highest BCUT2D eigenvalue weighted by atomic mass is 16.2. The summed E-state index contributed by atoms with van der Waals surface area (Å²) in [5.41, 5.74) is 3.76. The Hall–Kier alpha value is -3.46. The number of nitrogens with zero attached hydrogens (tertiary/aromatic N) is 6. The average molecular weight is 519 g/mol. The van der Waals surface area contributed by atoms with Gasteiger partial charge in [-0.15, -0.1) is 0 Å². The molecule has 1 unspecified atom stereocenters. The fourth-order valence-corrected chi connectivity index (χ4v) is 5.78. The molecule has 1 aromatic carbocycles. The fraction of sp³-hybridized carbons (Fsp3) is 0.517. The molecule has 0 radical (unpaired) electrons. The molecule has 3 saturated heterocycles. The van der Waals surface area contributed by atoms with Crippen molar-refractivity contribution in [2.24, 2.45) is 0 Å². The van der Waals surface area contributed by atoms with Gasteiger partial charge in [-0.3, -0.25) is 14.4 Å². The molecule has 0 N–H and O–H groups in total. The number of anilines is 2. The third kappa shape index (κ3) is 5.12. The highest BCUT2D eigenvalue weighted by Crippen LogP contribution is 2.30. The standard InChI is InChI=1S/C29H38N6O3/c1-20-17-21(2)27(30-19-20)32-13-15-34(16-14-32)28(37)24-7-6-23(35-22(3)5-8-26(35)36)18-25(24)29(38)33-11-9-31(4)10-12-33/h6-7,17-19,22H,5,8-16H2,1-4H3. The Bertz CT molecular complexity index is 1230. The zero-order valence-corrected chi connectivity index (χ0v) is 22.9. The summed E-state index contributed by atoms with van der Waals surface area (Å²) in [7, 11) is 2.05. The van der Waals surface area contributed by atoms with E-state index < -0.39 is 0 Å². The Labute approximate surface area is 225 Å². The minimum Gasteiger partial charge on any atom is -0.353 e. The Morgan fingerprint density at radius 3 is 2.11 bits per heavy atom. The topological polar surface area (TPSA) is 80.3 Å². The number of piperazine rings is 2. The van der Waals surface area contributed by atoms with Gasteiger partial charge >= 0.3 is 0 Å². The summed E-state index contributed by atoms with van der Waals surface area (Å²) in [4.78, 5) is 54.6. The minimum atomic E-state index is -0.138. The number of hydrogen-bond donors (Lipinski definition) is 0. The SMILES string of the molecule is Cc1cnc(N2CCN(C(=O)c3ccc(N4C(=O)CCC4C)cc3C(=O)N3CCN(C)CC3)CC2)c(C)c1. The summed E-state index contributed by atoms with van der Waals surface area (Å²) >= 11 is 0. The summed E-state index contributed by atoms with van der Waals surface area (Å²) in [6.45, 7) is 11.4. The third-order valence-electron chi connectivity index (χ3n) is 8.07. The van der Waals surface area contributed by atoms with Crippen molar-refractivity contribution in [3.63, 3.8) is 0 Å². The summed E-state index contributed by atoms with van der Waals surface area (Å²) in [5.74, 6) is 0.747. The molecule has 3 aliphatic rings. The van der Waals surface area contributed by atoms with E-state index in [4.69, 9.17) is 0 Å². The summed E-state index contributed by atoms with van der Waals surface area (Å²) in [6.07, 6.45) is 3.17.